The molecule has 9 heteroatoms. The number of hydrogen-bond donors (Lipinski definition) is 1. The van der Waals surface area contributed by atoms with Gasteiger partial charge in [0.2, 0.25) is 0 Å². The molecule has 0 radical (unpaired) electrons. The number of halogens is 2. The van der Waals surface area contributed by atoms with Gasteiger partial charge < -0.3 is 10.1 Å². The number of aromatic nitrogens is 4. The number of nitrogens with zero attached hydrogens (tertiary/aromatic N) is 4. The smallest absolute Gasteiger partial charge is 0.277 e. The second kappa shape index (κ2) is 9.24. The summed E-state index contributed by atoms with van der Waals surface area (Å²) >= 11 is 12.1. The maximum absolute atomic E-state index is 12.5. The molecule has 4 rings (SSSR count). The van der Waals surface area contributed by atoms with Crippen LogP contribution in [0.5, 0.6) is 5.75 Å². The number of rotatable bonds is 7. The quantitative estimate of drug-likeness (QED) is 0.423. The molecule has 0 saturated heterocycles. The fraction of sp³-hybridized carbons (Fsp3) is 0.136. The molecule has 4 aromatic rings. The molecule has 0 saturated carbocycles. The second-order valence-corrected chi connectivity index (χ2v) is 7.69. The van der Waals surface area contributed by atoms with Gasteiger partial charge in [-0.15, -0.1) is 0 Å². The van der Waals surface area contributed by atoms with E-state index in [1.807, 2.05) is 31.3 Å². The van der Waals surface area contributed by atoms with Gasteiger partial charge >= 0.3 is 0 Å². The third-order valence-corrected chi connectivity index (χ3v) is 5.25. The number of anilines is 1. The van der Waals surface area contributed by atoms with Crippen LogP contribution >= 0.6 is 23.2 Å². The van der Waals surface area contributed by atoms with Crippen LogP contribution in [0.25, 0.3) is 0 Å². The molecule has 158 valence electrons. The van der Waals surface area contributed by atoms with E-state index in [0.717, 1.165) is 5.56 Å². The summed E-state index contributed by atoms with van der Waals surface area (Å²) in [6, 6.07) is 16.7. The van der Waals surface area contributed by atoms with Crippen LogP contribution in [0.1, 0.15) is 21.6 Å². The lowest BCUT2D eigenvalue weighted by Crippen LogP contribution is -2.15. The molecule has 0 aliphatic rings. The van der Waals surface area contributed by atoms with Crippen molar-refractivity contribution in [3.63, 3.8) is 0 Å². The van der Waals surface area contributed by atoms with Gasteiger partial charge in [-0.05, 0) is 30.7 Å². The highest BCUT2D eigenvalue weighted by Gasteiger charge is 2.12. The van der Waals surface area contributed by atoms with E-state index in [2.05, 4.69) is 21.6 Å². The third-order valence-electron chi connectivity index (χ3n) is 4.45. The molecular formula is C22H19Cl2N5O2. The van der Waals surface area contributed by atoms with Gasteiger partial charge in [0, 0.05) is 18.5 Å². The molecule has 1 N–H and O–H groups in total. The van der Waals surface area contributed by atoms with Gasteiger partial charge in [-0.1, -0.05) is 59.1 Å². The summed E-state index contributed by atoms with van der Waals surface area (Å²) in [6.07, 6.45) is 3.46. The average Bonchev–Trinajstić information content (AvgIpc) is 3.39. The number of ether oxygens (including phenoxy) is 1. The van der Waals surface area contributed by atoms with Crippen LogP contribution in [-0.2, 0) is 13.3 Å². The van der Waals surface area contributed by atoms with Crippen LogP contribution in [0.3, 0.4) is 0 Å². The highest BCUT2D eigenvalue weighted by molar-refractivity contribution is 6.42. The maximum Gasteiger partial charge on any atom is 0.277 e. The molecule has 0 fully saturated rings. The van der Waals surface area contributed by atoms with Crippen LogP contribution in [-0.4, -0.2) is 25.5 Å². The minimum Gasteiger partial charge on any atom is -0.470 e. The van der Waals surface area contributed by atoms with E-state index >= 15 is 0 Å². The van der Waals surface area contributed by atoms with Crippen molar-refractivity contribution < 1.29 is 9.53 Å². The molecular weight excluding hydrogens is 437 g/mol. The zero-order chi connectivity index (χ0) is 21.8. The molecule has 0 bridgehead atoms. The second-order valence-electron chi connectivity index (χ2n) is 6.91. The van der Waals surface area contributed by atoms with Crippen molar-refractivity contribution in [1.82, 2.24) is 19.6 Å². The van der Waals surface area contributed by atoms with Gasteiger partial charge in [-0.3, -0.25) is 9.48 Å². The number of benzene rings is 2. The Morgan fingerprint density at radius 1 is 1.03 bits per heavy atom. The number of amides is 1. The first kappa shape index (κ1) is 21.0. The molecule has 31 heavy (non-hydrogen) atoms. The zero-order valence-electron chi connectivity index (χ0n) is 16.6. The van der Waals surface area contributed by atoms with Crippen LogP contribution in [0.4, 0.5) is 5.82 Å². The number of nitrogens with one attached hydrogen (secondary N) is 1. The number of hydrogen-bond acceptors (Lipinski definition) is 4. The Labute approximate surface area is 189 Å². The van der Waals surface area contributed by atoms with Crippen LogP contribution < -0.4 is 10.1 Å². The van der Waals surface area contributed by atoms with Crippen molar-refractivity contribution >= 4 is 34.9 Å². The summed E-state index contributed by atoms with van der Waals surface area (Å²) in [5.74, 6) is 0.532. The van der Waals surface area contributed by atoms with Gasteiger partial charge in [-0.25, -0.2) is 4.68 Å². The Bertz CT molecular complexity index is 1220. The van der Waals surface area contributed by atoms with Crippen LogP contribution in [0, 0.1) is 6.92 Å². The predicted octanol–water partition coefficient (Wildman–Crippen LogP) is 5.03. The molecule has 2 aromatic carbocycles. The lowest BCUT2D eigenvalue weighted by molar-refractivity contribution is 0.101. The zero-order valence-corrected chi connectivity index (χ0v) is 18.1. The Balaban J connectivity index is 1.35. The minimum absolute atomic E-state index is 0.0818. The summed E-state index contributed by atoms with van der Waals surface area (Å²) in [4.78, 5) is 12.5. The molecule has 0 unspecified atom stereocenters. The van der Waals surface area contributed by atoms with Crippen molar-refractivity contribution in [2.24, 2.45) is 0 Å². The standard InChI is InChI=1S/C22H19Cl2N5O2/c1-15-4-2-5-16(12-15)13-28-11-9-20(27-28)25-22(30)18-8-10-29(26-18)14-31-19-7-3-6-17(23)21(19)24/h2-12H,13-14H2,1H3,(H,25,27,30). The maximum atomic E-state index is 12.5. The molecule has 2 aromatic heterocycles. The van der Waals surface area contributed by atoms with Crippen molar-refractivity contribution in [1.29, 1.82) is 0 Å². The summed E-state index contributed by atoms with van der Waals surface area (Å²) in [7, 11) is 0. The van der Waals surface area contributed by atoms with Gasteiger partial charge in [0.1, 0.15) is 10.8 Å². The first-order chi connectivity index (χ1) is 15.0. The number of carbonyl (C=O) groups is 1. The fourth-order valence-electron chi connectivity index (χ4n) is 2.98. The number of carbonyl (C=O) groups excluding carboxylic acids is 1. The van der Waals surface area contributed by atoms with Crippen LogP contribution in [0.15, 0.2) is 67.0 Å². The molecule has 0 aliphatic heterocycles. The molecule has 7 nitrogen and oxygen atoms in total. The van der Waals surface area contributed by atoms with Gasteiger partial charge in [0.05, 0.1) is 11.6 Å². The Morgan fingerprint density at radius 2 is 1.84 bits per heavy atom. The lowest BCUT2D eigenvalue weighted by atomic mass is 10.1. The van der Waals surface area contributed by atoms with Gasteiger partial charge in [0.15, 0.2) is 18.2 Å². The first-order valence-electron chi connectivity index (χ1n) is 9.48. The van der Waals surface area contributed by atoms with Gasteiger partial charge in [-0.2, -0.15) is 10.2 Å². The average molecular weight is 456 g/mol. The molecule has 1 amide bonds. The Hall–Kier alpha value is -3.29. The van der Waals surface area contributed by atoms with E-state index in [1.165, 1.54) is 10.2 Å². The third kappa shape index (κ3) is 5.25. The van der Waals surface area contributed by atoms with E-state index in [9.17, 15) is 4.79 Å². The van der Waals surface area contributed by atoms with Crippen molar-refractivity contribution in [3.05, 3.63) is 93.9 Å². The van der Waals surface area contributed by atoms with Crippen molar-refractivity contribution in [3.8, 4) is 5.75 Å². The fourth-order valence-corrected chi connectivity index (χ4v) is 3.33. The Morgan fingerprint density at radius 3 is 2.68 bits per heavy atom. The highest BCUT2D eigenvalue weighted by Crippen LogP contribution is 2.31. The van der Waals surface area contributed by atoms with Gasteiger partial charge in [0.25, 0.3) is 5.91 Å². The Kier molecular flexibility index (Phi) is 6.25. The van der Waals surface area contributed by atoms with E-state index in [0.29, 0.717) is 28.2 Å². The first-order valence-corrected chi connectivity index (χ1v) is 10.2. The topological polar surface area (TPSA) is 74.0 Å². The lowest BCUT2D eigenvalue weighted by Gasteiger charge is -2.08. The van der Waals surface area contributed by atoms with E-state index in [1.54, 1.807) is 41.2 Å². The van der Waals surface area contributed by atoms with E-state index in [4.69, 9.17) is 27.9 Å². The van der Waals surface area contributed by atoms with Crippen molar-refractivity contribution in [2.75, 3.05) is 5.32 Å². The van der Waals surface area contributed by atoms with Crippen molar-refractivity contribution in [2.45, 2.75) is 20.2 Å². The molecule has 2 heterocycles. The largest absolute Gasteiger partial charge is 0.470 e. The normalized spacial score (nSPS) is 10.8. The summed E-state index contributed by atoms with van der Waals surface area (Å²) in [5, 5.41) is 12.1. The molecule has 0 aliphatic carbocycles. The molecule has 0 spiro atoms. The summed E-state index contributed by atoms with van der Waals surface area (Å²) in [6.45, 7) is 2.75. The minimum atomic E-state index is -0.361. The van der Waals surface area contributed by atoms with E-state index < -0.39 is 0 Å². The molecule has 0 atom stereocenters. The van der Waals surface area contributed by atoms with Crippen LogP contribution in [0.2, 0.25) is 10.0 Å². The summed E-state index contributed by atoms with van der Waals surface area (Å²) < 4.78 is 8.88. The SMILES string of the molecule is Cc1cccc(Cn2ccc(NC(=O)c3ccn(COc4cccc(Cl)c4Cl)n3)n2)c1. The number of aryl methyl sites for hydroxylation is 1. The predicted molar refractivity (Wildman–Crippen MR) is 120 cm³/mol. The summed E-state index contributed by atoms with van der Waals surface area (Å²) in [5.41, 5.74) is 2.57. The van der Waals surface area contributed by atoms with E-state index in [-0.39, 0.29) is 18.3 Å². The highest BCUT2D eigenvalue weighted by atomic mass is 35.5. The monoisotopic (exact) mass is 455 g/mol.